The second-order valence-corrected chi connectivity index (χ2v) is 8.50. The number of carbonyl (C=O) groups is 2. The van der Waals surface area contributed by atoms with Crippen LogP contribution >= 0.6 is 15.9 Å². The highest BCUT2D eigenvalue weighted by Gasteiger charge is 2.34. The number of ether oxygens (including phenoxy) is 1. The van der Waals surface area contributed by atoms with Gasteiger partial charge >= 0.3 is 6.09 Å². The van der Waals surface area contributed by atoms with Crippen molar-refractivity contribution in [1.82, 2.24) is 5.32 Å². The topological polar surface area (TPSA) is 58.6 Å². The molecule has 6 heteroatoms. The quantitative estimate of drug-likeness (QED) is 0.782. The van der Waals surface area contributed by atoms with Crippen LogP contribution in [0, 0.1) is 0 Å². The number of halogens is 1. The van der Waals surface area contributed by atoms with Gasteiger partial charge in [-0.15, -0.1) is 0 Å². The van der Waals surface area contributed by atoms with Crippen molar-refractivity contribution in [2.75, 3.05) is 4.90 Å². The molecule has 142 valence electrons. The minimum atomic E-state index is -0.662. The number of nitrogens with one attached hydrogen (secondary N) is 1. The maximum Gasteiger partial charge on any atom is 0.408 e. The molecule has 0 fully saturated rings. The zero-order valence-corrected chi connectivity index (χ0v) is 17.2. The summed E-state index contributed by atoms with van der Waals surface area (Å²) in [6.07, 6.45) is -0.156. The molecular weight excluding hydrogens is 408 g/mol. The van der Waals surface area contributed by atoms with E-state index in [0.717, 1.165) is 21.3 Å². The smallest absolute Gasteiger partial charge is 0.408 e. The van der Waals surface area contributed by atoms with Gasteiger partial charge in [0.15, 0.2) is 0 Å². The third kappa shape index (κ3) is 4.89. The van der Waals surface area contributed by atoms with Crippen LogP contribution in [0.4, 0.5) is 10.5 Å². The Labute approximate surface area is 167 Å². The Balaban J connectivity index is 1.87. The van der Waals surface area contributed by atoms with Gasteiger partial charge in [0.2, 0.25) is 5.91 Å². The molecule has 0 saturated heterocycles. The summed E-state index contributed by atoms with van der Waals surface area (Å²) in [5, 5.41) is 2.73. The van der Waals surface area contributed by atoms with Gasteiger partial charge in [-0.3, -0.25) is 4.79 Å². The van der Waals surface area contributed by atoms with Crippen molar-refractivity contribution < 1.29 is 14.3 Å². The monoisotopic (exact) mass is 430 g/mol. The van der Waals surface area contributed by atoms with Crippen LogP contribution in [-0.4, -0.2) is 23.6 Å². The van der Waals surface area contributed by atoms with E-state index in [1.807, 2.05) is 48.5 Å². The van der Waals surface area contributed by atoms with Crippen molar-refractivity contribution in [2.24, 2.45) is 0 Å². The highest BCUT2D eigenvalue weighted by molar-refractivity contribution is 9.10. The first-order chi connectivity index (χ1) is 12.7. The molecule has 1 aliphatic rings. The molecule has 1 N–H and O–H groups in total. The van der Waals surface area contributed by atoms with Crippen LogP contribution < -0.4 is 10.2 Å². The molecule has 0 spiro atoms. The number of amides is 2. The zero-order chi connectivity index (χ0) is 19.6. The van der Waals surface area contributed by atoms with Crippen LogP contribution in [0.2, 0.25) is 0 Å². The van der Waals surface area contributed by atoms with Crippen LogP contribution in [0.3, 0.4) is 0 Å². The van der Waals surface area contributed by atoms with E-state index in [1.165, 1.54) is 0 Å². The lowest BCUT2D eigenvalue weighted by molar-refractivity contribution is -0.121. The van der Waals surface area contributed by atoms with Gasteiger partial charge in [0.25, 0.3) is 0 Å². The summed E-state index contributed by atoms with van der Waals surface area (Å²) in [7, 11) is 0. The molecule has 3 rings (SSSR count). The minimum absolute atomic E-state index is 0.139. The number of hydrogen-bond acceptors (Lipinski definition) is 3. The lowest BCUT2D eigenvalue weighted by Gasteiger charge is -2.35. The van der Waals surface area contributed by atoms with Gasteiger partial charge in [-0.25, -0.2) is 4.79 Å². The molecule has 0 aromatic heterocycles. The van der Waals surface area contributed by atoms with Gasteiger partial charge in [0, 0.05) is 16.6 Å². The Morgan fingerprint density at radius 3 is 2.59 bits per heavy atom. The van der Waals surface area contributed by atoms with Crippen molar-refractivity contribution in [3.05, 3.63) is 64.1 Å². The predicted molar refractivity (Wildman–Crippen MR) is 109 cm³/mol. The van der Waals surface area contributed by atoms with Crippen molar-refractivity contribution in [3.8, 4) is 0 Å². The molecule has 1 heterocycles. The number of benzene rings is 2. The molecule has 2 aromatic rings. The van der Waals surface area contributed by atoms with Gasteiger partial charge in [0.1, 0.15) is 11.6 Å². The summed E-state index contributed by atoms with van der Waals surface area (Å²) in [5.41, 5.74) is 2.28. The molecule has 0 saturated carbocycles. The molecule has 1 atom stereocenters. The van der Waals surface area contributed by atoms with Crippen LogP contribution in [0.25, 0.3) is 0 Å². The fourth-order valence-electron chi connectivity index (χ4n) is 3.09. The van der Waals surface area contributed by atoms with Crippen molar-refractivity contribution >= 4 is 33.6 Å². The van der Waals surface area contributed by atoms with Gasteiger partial charge in [-0.2, -0.15) is 0 Å². The number of alkyl carbamates (subject to hydrolysis) is 1. The Morgan fingerprint density at radius 1 is 1.22 bits per heavy atom. The van der Waals surface area contributed by atoms with E-state index in [0.29, 0.717) is 13.0 Å². The third-order valence-electron chi connectivity index (χ3n) is 4.19. The van der Waals surface area contributed by atoms with Gasteiger partial charge < -0.3 is 15.0 Å². The van der Waals surface area contributed by atoms with E-state index < -0.39 is 17.7 Å². The van der Waals surface area contributed by atoms with Crippen LogP contribution in [0.15, 0.2) is 53.0 Å². The van der Waals surface area contributed by atoms with E-state index >= 15 is 0 Å². The highest BCUT2D eigenvalue weighted by Crippen LogP contribution is 2.32. The summed E-state index contributed by atoms with van der Waals surface area (Å²) in [4.78, 5) is 27.1. The summed E-state index contributed by atoms with van der Waals surface area (Å²) < 4.78 is 6.26. The largest absolute Gasteiger partial charge is 0.444 e. The van der Waals surface area contributed by atoms with Crippen molar-refractivity contribution in [3.63, 3.8) is 0 Å². The number of nitrogens with zero attached hydrogens (tertiary/aromatic N) is 1. The second-order valence-electron chi connectivity index (χ2n) is 7.59. The summed E-state index contributed by atoms with van der Waals surface area (Å²) in [6.45, 7) is 5.83. The summed E-state index contributed by atoms with van der Waals surface area (Å²) >= 11 is 3.49. The fraction of sp³-hybridized carbons (Fsp3) is 0.333. The maximum atomic E-state index is 13.1. The summed E-state index contributed by atoms with van der Waals surface area (Å²) in [5.74, 6) is -0.139. The van der Waals surface area contributed by atoms with Crippen molar-refractivity contribution in [2.45, 2.75) is 45.4 Å². The number of carbonyl (C=O) groups excluding carboxylic acids is 2. The number of anilines is 1. The normalized spacial score (nSPS) is 16.7. The molecule has 2 aromatic carbocycles. The second kappa shape index (κ2) is 7.72. The molecule has 1 unspecified atom stereocenters. The van der Waals surface area contributed by atoms with E-state index in [4.69, 9.17) is 4.74 Å². The van der Waals surface area contributed by atoms with Gasteiger partial charge in [-0.05, 0) is 50.1 Å². The molecule has 2 amide bonds. The number of fused-ring (bicyclic) bond motifs is 1. The van der Waals surface area contributed by atoms with E-state index in [9.17, 15) is 9.59 Å². The predicted octanol–water partition coefficient (Wildman–Crippen LogP) is 4.43. The van der Waals surface area contributed by atoms with Gasteiger partial charge in [0.05, 0.1) is 6.54 Å². The van der Waals surface area contributed by atoms with E-state index in [1.54, 1.807) is 25.7 Å². The molecule has 0 radical (unpaired) electrons. The minimum Gasteiger partial charge on any atom is -0.444 e. The van der Waals surface area contributed by atoms with Crippen LogP contribution in [0.1, 0.15) is 31.9 Å². The fourth-order valence-corrected chi connectivity index (χ4v) is 3.50. The molecule has 5 nitrogen and oxygen atoms in total. The first-order valence-electron chi connectivity index (χ1n) is 8.86. The molecule has 1 aliphatic heterocycles. The Hall–Kier alpha value is -2.34. The molecule has 0 aliphatic carbocycles. The average molecular weight is 431 g/mol. The lowest BCUT2D eigenvalue weighted by Crippen LogP contribution is -2.53. The van der Waals surface area contributed by atoms with Gasteiger partial charge in [-0.1, -0.05) is 46.3 Å². The maximum absolute atomic E-state index is 13.1. The highest BCUT2D eigenvalue weighted by atomic mass is 79.9. The summed E-state index contributed by atoms with van der Waals surface area (Å²) in [6, 6.07) is 15.0. The Morgan fingerprint density at radius 2 is 1.93 bits per heavy atom. The van der Waals surface area contributed by atoms with Crippen molar-refractivity contribution in [1.29, 1.82) is 0 Å². The standard InChI is InChI=1S/C21H23BrN2O3/c1-21(2,3)27-20(26)23-17-12-15-11-16(22)9-10-18(15)24(19(17)25)13-14-7-5-4-6-8-14/h4-11,17H,12-13H2,1-3H3,(H,23,26). The van der Waals surface area contributed by atoms with E-state index in [-0.39, 0.29) is 5.91 Å². The van der Waals surface area contributed by atoms with E-state index in [2.05, 4.69) is 21.2 Å². The molecular formula is C21H23BrN2O3. The third-order valence-corrected chi connectivity index (χ3v) is 4.69. The SMILES string of the molecule is CC(C)(C)OC(=O)NC1Cc2cc(Br)ccc2N(Cc2ccccc2)C1=O. The van der Waals surface area contributed by atoms with Crippen LogP contribution in [-0.2, 0) is 22.5 Å². The number of hydrogen-bond donors (Lipinski definition) is 1. The average Bonchev–Trinajstić information content (AvgIpc) is 2.57. The number of rotatable bonds is 3. The molecule has 27 heavy (non-hydrogen) atoms. The first kappa shape index (κ1) is 19.4. The molecule has 0 bridgehead atoms. The lowest BCUT2D eigenvalue weighted by atomic mass is 9.96. The first-order valence-corrected chi connectivity index (χ1v) is 9.65. The zero-order valence-electron chi connectivity index (χ0n) is 15.7. The Bertz CT molecular complexity index is 846. The van der Waals surface area contributed by atoms with Crippen LogP contribution in [0.5, 0.6) is 0 Å². The Kier molecular flexibility index (Phi) is 5.56.